The van der Waals surface area contributed by atoms with E-state index in [1.165, 1.54) is 0 Å². The van der Waals surface area contributed by atoms with Crippen LogP contribution in [0.1, 0.15) is 51.9 Å². The van der Waals surface area contributed by atoms with Crippen LogP contribution < -0.4 is 0 Å². The van der Waals surface area contributed by atoms with E-state index >= 15 is 0 Å². The van der Waals surface area contributed by atoms with Crippen molar-refractivity contribution in [3.63, 3.8) is 0 Å². The molecule has 1 aliphatic heterocycles. The molecular weight excluding hydrogens is 302 g/mol. The molecule has 0 saturated carbocycles. The largest absolute Gasteiger partial charge is 0.462 e. The Morgan fingerprint density at radius 2 is 2.00 bits per heavy atom. The first-order valence-electron chi connectivity index (χ1n) is 7.63. The number of hydrogen-bond acceptors (Lipinski definition) is 6. The van der Waals surface area contributed by atoms with Crippen LogP contribution in [0.15, 0.2) is 0 Å². The van der Waals surface area contributed by atoms with Gasteiger partial charge in [0.15, 0.2) is 12.7 Å². The highest BCUT2D eigenvalue weighted by Gasteiger charge is 2.27. The molecule has 0 bridgehead atoms. The molecule has 1 aliphatic rings. The molecule has 0 amide bonds. The molecule has 0 aliphatic carbocycles. The number of carbonyl (C=O) groups is 3. The first-order valence-corrected chi connectivity index (χ1v) is 7.63. The predicted molar refractivity (Wildman–Crippen MR) is 80.5 cm³/mol. The van der Waals surface area contributed by atoms with Gasteiger partial charge < -0.3 is 19.2 Å². The smallest absolute Gasteiger partial charge is 0.340 e. The van der Waals surface area contributed by atoms with E-state index < -0.39 is 23.8 Å². The number of hydrogen-bond donors (Lipinski definition) is 1. The molecule has 0 unspecified atom stereocenters. The van der Waals surface area contributed by atoms with Gasteiger partial charge in [-0.25, -0.2) is 9.59 Å². The Hall–Kier alpha value is -2.15. The third-order valence-corrected chi connectivity index (χ3v) is 3.73. The molecular formula is C16H21NO6. The number of carbonyl (C=O) groups excluding carboxylic acids is 3. The van der Waals surface area contributed by atoms with E-state index in [1.54, 1.807) is 20.8 Å². The quantitative estimate of drug-likeness (QED) is 0.632. The number of nitrogens with one attached hydrogen (secondary N) is 1. The summed E-state index contributed by atoms with van der Waals surface area (Å²) in [6, 6.07) is 0. The summed E-state index contributed by atoms with van der Waals surface area (Å²) in [6.07, 6.45) is 0.844. The minimum absolute atomic E-state index is 0.255. The second-order valence-corrected chi connectivity index (χ2v) is 5.38. The highest BCUT2D eigenvalue weighted by molar-refractivity contribution is 6.02. The van der Waals surface area contributed by atoms with Gasteiger partial charge in [-0.3, -0.25) is 4.79 Å². The summed E-state index contributed by atoms with van der Waals surface area (Å²) < 4.78 is 15.2. The van der Waals surface area contributed by atoms with Gasteiger partial charge in [-0.05, 0) is 39.2 Å². The molecule has 7 heteroatoms. The Labute approximate surface area is 134 Å². The maximum atomic E-state index is 12.2. The summed E-state index contributed by atoms with van der Waals surface area (Å²) in [7, 11) is 0. The molecule has 1 fully saturated rings. The maximum absolute atomic E-state index is 12.2. The SMILES string of the molecule is CCOC(=O)c1c(C)[nH]c(C(=O)COC(=O)[C@H]2CCCO2)c1C. The predicted octanol–water partition coefficient (Wildman–Crippen LogP) is 1.71. The third-order valence-electron chi connectivity index (χ3n) is 3.73. The van der Waals surface area contributed by atoms with Crippen molar-refractivity contribution >= 4 is 17.7 Å². The van der Waals surface area contributed by atoms with Crippen LogP contribution in [0.25, 0.3) is 0 Å². The number of Topliss-reactive ketones (excluding diaryl/α,β-unsaturated/α-hetero) is 1. The fourth-order valence-electron chi connectivity index (χ4n) is 2.60. The third kappa shape index (κ3) is 3.79. The molecule has 0 radical (unpaired) electrons. The number of aromatic nitrogens is 1. The summed E-state index contributed by atoms with van der Waals surface area (Å²) in [6.45, 7) is 5.46. The lowest BCUT2D eigenvalue weighted by atomic mass is 10.1. The van der Waals surface area contributed by atoms with Gasteiger partial charge in [0.2, 0.25) is 5.78 Å². The van der Waals surface area contributed by atoms with Crippen molar-refractivity contribution in [2.24, 2.45) is 0 Å². The monoisotopic (exact) mass is 323 g/mol. The van der Waals surface area contributed by atoms with E-state index in [2.05, 4.69) is 4.98 Å². The zero-order valence-corrected chi connectivity index (χ0v) is 13.6. The van der Waals surface area contributed by atoms with Crippen molar-refractivity contribution in [3.05, 3.63) is 22.5 Å². The van der Waals surface area contributed by atoms with Crippen molar-refractivity contribution in [2.45, 2.75) is 39.7 Å². The van der Waals surface area contributed by atoms with Crippen LogP contribution in [-0.2, 0) is 19.0 Å². The summed E-state index contributed by atoms with van der Waals surface area (Å²) in [5, 5.41) is 0. The van der Waals surface area contributed by atoms with E-state index in [1.807, 2.05) is 0 Å². The Kier molecular flexibility index (Phi) is 5.54. The summed E-state index contributed by atoms with van der Waals surface area (Å²) in [4.78, 5) is 38.8. The Morgan fingerprint density at radius 1 is 1.26 bits per heavy atom. The first kappa shape index (κ1) is 17.2. The lowest BCUT2D eigenvalue weighted by Crippen LogP contribution is -2.25. The molecule has 1 atom stereocenters. The van der Waals surface area contributed by atoms with Crippen LogP contribution >= 0.6 is 0 Å². The van der Waals surface area contributed by atoms with Crippen LogP contribution in [0.4, 0.5) is 0 Å². The second-order valence-electron chi connectivity index (χ2n) is 5.38. The minimum atomic E-state index is -0.579. The van der Waals surface area contributed by atoms with E-state index in [-0.39, 0.29) is 18.9 Å². The number of ether oxygens (including phenoxy) is 3. The highest BCUT2D eigenvalue weighted by Crippen LogP contribution is 2.20. The minimum Gasteiger partial charge on any atom is -0.462 e. The zero-order valence-electron chi connectivity index (χ0n) is 13.6. The first-order chi connectivity index (χ1) is 11.0. The van der Waals surface area contributed by atoms with Crippen LogP contribution in [0.2, 0.25) is 0 Å². The van der Waals surface area contributed by atoms with Crippen molar-refractivity contribution in [1.29, 1.82) is 0 Å². The summed E-state index contributed by atoms with van der Waals surface area (Å²) >= 11 is 0. The van der Waals surface area contributed by atoms with Crippen molar-refractivity contribution in [2.75, 3.05) is 19.8 Å². The van der Waals surface area contributed by atoms with Gasteiger partial charge in [-0.15, -0.1) is 0 Å². The number of aryl methyl sites for hydroxylation is 1. The molecule has 1 N–H and O–H groups in total. The number of ketones is 1. The summed E-state index contributed by atoms with van der Waals surface area (Å²) in [5.74, 6) is -1.40. The molecule has 126 valence electrons. The molecule has 1 aromatic heterocycles. The lowest BCUT2D eigenvalue weighted by Gasteiger charge is -2.09. The molecule has 7 nitrogen and oxygen atoms in total. The number of H-pyrrole nitrogens is 1. The van der Waals surface area contributed by atoms with Gasteiger partial charge in [-0.1, -0.05) is 0 Å². The highest BCUT2D eigenvalue weighted by atomic mass is 16.6. The van der Waals surface area contributed by atoms with E-state index in [0.29, 0.717) is 29.8 Å². The number of esters is 2. The van der Waals surface area contributed by atoms with Gasteiger partial charge >= 0.3 is 11.9 Å². The number of rotatable bonds is 6. The maximum Gasteiger partial charge on any atom is 0.340 e. The van der Waals surface area contributed by atoms with Crippen LogP contribution in [0, 0.1) is 13.8 Å². The normalized spacial score (nSPS) is 17.1. The Bertz CT molecular complexity index is 612. The van der Waals surface area contributed by atoms with Crippen molar-refractivity contribution < 1.29 is 28.6 Å². The average Bonchev–Trinajstić information content (AvgIpc) is 3.13. The molecule has 23 heavy (non-hydrogen) atoms. The van der Waals surface area contributed by atoms with Crippen molar-refractivity contribution in [3.8, 4) is 0 Å². The fourth-order valence-corrected chi connectivity index (χ4v) is 2.60. The van der Waals surface area contributed by atoms with Crippen LogP contribution in [0.5, 0.6) is 0 Å². The van der Waals surface area contributed by atoms with Gasteiger partial charge in [0.25, 0.3) is 0 Å². The van der Waals surface area contributed by atoms with Gasteiger partial charge in [-0.2, -0.15) is 0 Å². The zero-order chi connectivity index (χ0) is 17.0. The Balaban J connectivity index is 2.03. The van der Waals surface area contributed by atoms with Crippen molar-refractivity contribution in [1.82, 2.24) is 4.98 Å². The lowest BCUT2D eigenvalue weighted by molar-refractivity contribution is -0.153. The average molecular weight is 323 g/mol. The molecule has 1 aromatic rings. The Morgan fingerprint density at radius 3 is 2.61 bits per heavy atom. The van der Waals surface area contributed by atoms with Crippen LogP contribution in [0.3, 0.4) is 0 Å². The van der Waals surface area contributed by atoms with Gasteiger partial charge in [0.05, 0.1) is 17.9 Å². The van der Waals surface area contributed by atoms with E-state index in [9.17, 15) is 14.4 Å². The molecule has 2 heterocycles. The topological polar surface area (TPSA) is 94.7 Å². The molecule has 1 saturated heterocycles. The van der Waals surface area contributed by atoms with Gasteiger partial charge in [0.1, 0.15) is 0 Å². The summed E-state index contributed by atoms with van der Waals surface area (Å²) in [5.41, 5.74) is 1.65. The standard InChI is InChI=1S/C16H21NO6/c1-4-21-16(20)13-9(2)14(17-10(13)3)11(18)8-23-15(19)12-6-5-7-22-12/h12,17H,4-8H2,1-3H3/t12-/m1/s1. The van der Waals surface area contributed by atoms with E-state index in [4.69, 9.17) is 14.2 Å². The molecule has 0 spiro atoms. The fraction of sp³-hybridized carbons (Fsp3) is 0.562. The van der Waals surface area contributed by atoms with E-state index in [0.717, 1.165) is 6.42 Å². The van der Waals surface area contributed by atoms with Gasteiger partial charge in [0, 0.05) is 12.3 Å². The molecule has 2 rings (SSSR count). The van der Waals surface area contributed by atoms with Crippen LogP contribution in [-0.4, -0.2) is 48.6 Å². The molecule has 0 aromatic carbocycles. The second kappa shape index (κ2) is 7.41. The number of aromatic amines is 1.